The zero-order chi connectivity index (χ0) is 15.0. The van der Waals surface area contributed by atoms with Crippen LogP contribution in [0.1, 0.15) is 12.8 Å². The number of hydrogen-bond donors (Lipinski definition) is 0. The molecule has 2 unspecified atom stereocenters. The Balaban J connectivity index is 1.79. The van der Waals surface area contributed by atoms with Gasteiger partial charge in [0.05, 0.1) is 25.7 Å². The van der Waals surface area contributed by atoms with Crippen molar-refractivity contribution in [2.24, 2.45) is 0 Å². The van der Waals surface area contributed by atoms with Gasteiger partial charge in [-0.05, 0) is 6.42 Å². The first-order valence-electron chi connectivity index (χ1n) is 6.70. The molecule has 9 nitrogen and oxygen atoms in total. The number of rotatable bonds is 3. The van der Waals surface area contributed by atoms with Gasteiger partial charge >= 0.3 is 12.2 Å². The zero-order valence-corrected chi connectivity index (χ0v) is 11.5. The van der Waals surface area contributed by atoms with Crippen LogP contribution >= 0.6 is 0 Å². The average molecular weight is 300 g/mol. The van der Waals surface area contributed by atoms with Gasteiger partial charge in [0.25, 0.3) is 6.47 Å². The van der Waals surface area contributed by atoms with Crippen LogP contribution in [0.3, 0.4) is 0 Å². The number of hydrazine groups is 1. The Morgan fingerprint density at radius 3 is 2.86 bits per heavy atom. The third-order valence-corrected chi connectivity index (χ3v) is 4.10. The minimum Gasteiger partial charge on any atom is -0.463 e. The van der Waals surface area contributed by atoms with Crippen LogP contribution in [0, 0.1) is 0 Å². The Labute approximate surface area is 120 Å². The average Bonchev–Trinajstić information content (AvgIpc) is 2.98. The van der Waals surface area contributed by atoms with Crippen molar-refractivity contribution in [3.63, 3.8) is 0 Å². The largest absolute Gasteiger partial charge is 0.508 e. The van der Waals surface area contributed by atoms with Crippen LogP contribution in [0.15, 0.2) is 0 Å². The summed E-state index contributed by atoms with van der Waals surface area (Å²) < 4.78 is 19.7. The highest BCUT2D eigenvalue weighted by Gasteiger charge is 2.53. The first-order chi connectivity index (χ1) is 10.1. The van der Waals surface area contributed by atoms with Crippen LogP contribution < -0.4 is 0 Å². The maximum atomic E-state index is 11.9. The molecule has 3 aliphatic heterocycles. The fourth-order valence-corrected chi connectivity index (χ4v) is 3.28. The topological polar surface area (TPSA) is 94.6 Å². The normalized spacial score (nSPS) is 37.7. The number of carbonyl (C=O) groups excluding carboxylic acids is 3. The molecule has 1 amide bonds. The monoisotopic (exact) mass is 300 g/mol. The van der Waals surface area contributed by atoms with Crippen molar-refractivity contribution in [2.45, 2.75) is 37.1 Å². The maximum absolute atomic E-state index is 11.9. The molecular formula is C12H16N2O7. The van der Waals surface area contributed by atoms with E-state index in [1.165, 1.54) is 12.1 Å². The van der Waals surface area contributed by atoms with E-state index in [1.54, 1.807) is 5.01 Å². The minimum atomic E-state index is -0.701. The fraction of sp³-hybridized carbons (Fsp3) is 0.750. The van der Waals surface area contributed by atoms with Gasteiger partial charge in [-0.3, -0.25) is 4.79 Å². The molecular weight excluding hydrogens is 284 g/mol. The number of cyclic esters (lactones) is 2. The van der Waals surface area contributed by atoms with Crippen LogP contribution in [-0.2, 0) is 23.7 Å². The number of carbonyl (C=O) groups is 3. The van der Waals surface area contributed by atoms with E-state index in [1.807, 2.05) is 0 Å². The molecule has 0 radical (unpaired) electrons. The van der Waals surface area contributed by atoms with E-state index < -0.39 is 18.4 Å². The van der Waals surface area contributed by atoms with Crippen molar-refractivity contribution in [2.75, 3.05) is 20.3 Å². The molecule has 0 spiro atoms. The molecule has 0 saturated carbocycles. The summed E-state index contributed by atoms with van der Waals surface area (Å²) in [5.41, 5.74) is 0. The molecule has 0 aromatic carbocycles. The van der Waals surface area contributed by atoms with Crippen molar-refractivity contribution in [3.8, 4) is 0 Å². The maximum Gasteiger partial charge on any atom is 0.508 e. The number of ether oxygens (including phenoxy) is 4. The van der Waals surface area contributed by atoms with Gasteiger partial charge in [0.15, 0.2) is 6.10 Å². The highest BCUT2D eigenvalue weighted by Crippen LogP contribution is 2.37. The van der Waals surface area contributed by atoms with E-state index in [-0.39, 0.29) is 24.8 Å². The van der Waals surface area contributed by atoms with Crippen LogP contribution in [-0.4, -0.2) is 73.3 Å². The lowest BCUT2D eigenvalue weighted by Gasteiger charge is -2.40. The summed E-state index contributed by atoms with van der Waals surface area (Å²) in [6, 6.07) is -0.346. The molecule has 9 heteroatoms. The Morgan fingerprint density at radius 2 is 2.24 bits per heavy atom. The van der Waals surface area contributed by atoms with E-state index in [0.717, 1.165) is 0 Å². The molecule has 0 aliphatic carbocycles. The van der Waals surface area contributed by atoms with E-state index >= 15 is 0 Å². The quantitative estimate of drug-likeness (QED) is 0.405. The van der Waals surface area contributed by atoms with E-state index in [0.29, 0.717) is 25.9 Å². The molecule has 3 heterocycles. The van der Waals surface area contributed by atoms with Crippen molar-refractivity contribution in [1.82, 2.24) is 10.0 Å². The van der Waals surface area contributed by atoms with E-state index in [9.17, 15) is 14.4 Å². The Hall–Kier alpha value is -2.03. The van der Waals surface area contributed by atoms with Gasteiger partial charge in [0.1, 0.15) is 12.7 Å². The minimum absolute atomic E-state index is 0.152. The van der Waals surface area contributed by atoms with Gasteiger partial charge in [-0.25, -0.2) is 19.6 Å². The lowest BCUT2D eigenvalue weighted by molar-refractivity contribution is -0.145. The highest BCUT2D eigenvalue weighted by atomic mass is 16.8. The lowest BCUT2D eigenvalue weighted by Crippen LogP contribution is -2.57. The number of amides is 1. The summed E-state index contributed by atoms with van der Waals surface area (Å²) in [5.74, 6) is 0. The van der Waals surface area contributed by atoms with Gasteiger partial charge in [0.2, 0.25) is 0 Å². The van der Waals surface area contributed by atoms with Crippen LogP contribution in [0.2, 0.25) is 0 Å². The van der Waals surface area contributed by atoms with Crippen molar-refractivity contribution >= 4 is 18.7 Å². The zero-order valence-electron chi connectivity index (χ0n) is 11.5. The second kappa shape index (κ2) is 5.40. The van der Waals surface area contributed by atoms with Crippen molar-refractivity contribution in [3.05, 3.63) is 0 Å². The summed E-state index contributed by atoms with van der Waals surface area (Å²) >= 11 is 0. The molecule has 3 fully saturated rings. The molecule has 3 saturated heterocycles. The molecule has 0 aromatic rings. The lowest BCUT2D eigenvalue weighted by atomic mass is 10.0. The van der Waals surface area contributed by atoms with Crippen LogP contribution in [0.25, 0.3) is 0 Å². The molecule has 116 valence electrons. The van der Waals surface area contributed by atoms with Crippen LogP contribution in [0.4, 0.5) is 9.59 Å². The van der Waals surface area contributed by atoms with E-state index in [4.69, 9.17) is 18.9 Å². The van der Waals surface area contributed by atoms with Gasteiger partial charge in [-0.2, -0.15) is 0 Å². The molecule has 5 atom stereocenters. The fourth-order valence-electron chi connectivity index (χ4n) is 3.28. The summed E-state index contributed by atoms with van der Waals surface area (Å²) in [6.45, 7) is 0.913. The molecule has 0 aromatic heterocycles. The Morgan fingerprint density at radius 1 is 1.43 bits per heavy atom. The molecule has 3 rings (SSSR count). The van der Waals surface area contributed by atoms with Crippen molar-refractivity contribution < 1.29 is 33.3 Å². The van der Waals surface area contributed by atoms with Gasteiger partial charge in [0, 0.05) is 6.42 Å². The SMILES string of the molecule is COC(=O)N1C2C[C@@H](OC=O)CN1[C@@H]([C@H]1COC(=O)O1)C2. The summed E-state index contributed by atoms with van der Waals surface area (Å²) in [7, 11) is 1.31. The van der Waals surface area contributed by atoms with Crippen LogP contribution in [0.5, 0.6) is 0 Å². The Bertz CT molecular complexity index is 457. The first kappa shape index (κ1) is 13.9. The first-order valence-corrected chi connectivity index (χ1v) is 6.70. The number of hydrogen-bond acceptors (Lipinski definition) is 8. The molecule has 2 bridgehead atoms. The number of methoxy groups -OCH3 is 1. The predicted molar refractivity (Wildman–Crippen MR) is 64.9 cm³/mol. The number of fused-ring (bicyclic) bond motifs is 2. The second-order valence-electron chi connectivity index (χ2n) is 5.20. The third-order valence-electron chi connectivity index (χ3n) is 4.10. The van der Waals surface area contributed by atoms with Gasteiger partial charge in [-0.15, -0.1) is 0 Å². The molecule has 3 aliphatic rings. The van der Waals surface area contributed by atoms with Gasteiger partial charge < -0.3 is 18.9 Å². The predicted octanol–water partition coefficient (Wildman–Crippen LogP) is -0.107. The standard InChI is InChI=1S/C12H16N2O7/c1-18-11(16)14-7-2-8(20-6-15)4-13(14)9(3-7)10-5-19-12(17)21-10/h6-10H,2-5H2,1H3/t7?,8-,9-,10-/m1/s1. The summed E-state index contributed by atoms with van der Waals surface area (Å²) in [4.78, 5) is 33.6. The third kappa shape index (κ3) is 2.37. The highest BCUT2D eigenvalue weighted by molar-refractivity contribution is 5.68. The van der Waals surface area contributed by atoms with Gasteiger partial charge in [-0.1, -0.05) is 0 Å². The second-order valence-corrected chi connectivity index (χ2v) is 5.20. The molecule has 21 heavy (non-hydrogen) atoms. The summed E-state index contributed by atoms with van der Waals surface area (Å²) in [6.07, 6.45) is -0.774. The number of nitrogens with zero attached hydrogens (tertiary/aromatic N) is 2. The molecule has 0 N–H and O–H groups in total. The summed E-state index contributed by atoms with van der Waals surface area (Å²) in [5, 5.41) is 3.27. The smallest absolute Gasteiger partial charge is 0.463 e. The van der Waals surface area contributed by atoms with Crippen molar-refractivity contribution in [1.29, 1.82) is 0 Å². The van der Waals surface area contributed by atoms with E-state index in [2.05, 4.69) is 0 Å². The Kier molecular flexibility index (Phi) is 3.58.